The van der Waals surface area contributed by atoms with Crippen LogP contribution >= 0.6 is 22.6 Å². The maximum Gasteiger partial charge on any atom is 0.255 e. The van der Waals surface area contributed by atoms with Crippen LogP contribution in [0.4, 0.5) is 5.82 Å². The Bertz CT molecular complexity index is 1520. The number of nitrogens with one attached hydrogen (secondary N) is 1. The molecule has 1 aliphatic rings. The van der Waals surface area contributed by atoms with Gasteiger partial charge < -0.3 is 9.73 Å². The Morgan fingerprint density at radius 2 is 1.97 bits per heavy atom. The van der Waals surface area contributed by atoms with Crippen LogP contribution in [0.3, 0.4) is 0 Å². The zero-order valence-corrected chi connectivity index (χ0v) is 24.0. The van der Waals surface area contributed by atoms with Crippen LogP contribution in [-0.4, -0.2) is 58.6 Å². The van der Waals surface area contributed by atoms with Gasteiger partial charge in [-0.15, -0.1) is 0 Å². The van der Waals surface area contributed by atoms with Gasteiger partial charge in [0.15, 0.2) is 15.7 Å². The summed E-state index contributed by atoms with van der Waals surface area (Å²) in [7, 11) is -5.29. The highest BCUT2D eigenvalue weighted by molar-refractivity contribution is 14.1. The SMILES string of the molecule is CNC(=O)c1c(-c2ccc(C)cc2)oc2nc(N(CCCC3CCCS3(=O)=O)S(C)(=O)=O)c(I)cc12. The minimum absolute atomic E-state index is 0.0905. The summed E-state index contributed by atoms with van der Waals surface area (Å²) in [6.07, 6.45) is 3.13. The molecule has 0 radical (unpaired) electrons. The number of pyridine rings is 1. The molecule has 194 valence electrons. The van der Waals surface area contributed by atoms with Gasteiger partial charge in [-0.05, 0) is 61.3 Å². The van der Waals surface area contributed by atoms with Crippen LogP contribution in [-0.2, 0) is 19.9 Å². The molecule has 1 aliphatic heterocycles. The van der Waals surface area contributed by atoms with Gasteiger partial charge in [0, 0.05) is 19.2 Å². The van der Waals surface area contributed by atoms with Gasteiger partial charge in [-0.3, -0.25) is 9.10 Å². The van der Waals surface area contributed by atoms with Gasteiger partial charge in [0.05, 0.1) is 31.8 Å². The summed E-state index contributed by atoms with van der Waals surface area (Å²) in [5.41, 5.74) is 2.23. The topological polar surface area (TPSA) is 127 Å². The summed E-state index contributed by atoms with van der Waals surface area (Å²) in [5, 5.41) is 2.69. The highest BCUT2D eigenvalue weighted by Gasteiger charge is 2.32. The average molecular weight is 646 g/mol. The van der Waals surface area contributed by atoms with Crippen LogP contribution in [0.1, 0.15) is 41.6 Å². The monoisotopic (exact) mass is 645 g/mol. The van der Waals surface area contributed by atoms with E-state index in [4.69, 9.17) is 4.42 Å². The molecule has 1 saturated heterocycles. The van der Waals surface area contributed by atoms with Gasteiger partial charge in [-0.2, -0.15) is 4.98 Å². The van der Waals surface area contributed by atoms with Crippen molar-refractivity contribution in [2.45, 2.75) is 37.9 Å². The number of nitrogens with zero attached hydrogens (tertiary/aromatic N) is 2. The Hall–Kier alpha value is -2.19. The summed E-state index contributed by atoms with van der Waals surface area (Å²) in [6.45, 7) is 2.05. The lowest BCUT2D eigenvalue weighted by atomic mass is 10.0. The second-order valence-corrected chi connectivity index (χ2v) is 14.5. The van der Waals surface area contributed by atoms with Crippen molar-refractivity contribution in [3.8, 4) is 11.3 Å². The van der Waals surface area contributed by atoms with E-state index in [1.54, 1.807) is 6.07 Å². The summed E-state index contributed by atoms with van der Waals surface area (Å²) >= 11 is 2.00. The van der Waals surface area contributed by atoms with Crippen molar-refractivity contribution in [2.75, 3.05) is 29.9 Å². The van der Waals surface area contributed by atoms with Crippen molar-refractivity contribution in [2.24, 2.45) is 0 Å². The maximum absolute atomic E-state index is 12.8. The van der Waals surface area contributed by atoms with Crippen molar-refractivity contribution in [3.63, 3.8) is 0 Å². The van der Waals surface area contributed by atoms with Crippen LogP contribution in [0.5, 0.6) is 0 Å². The van der Waals surface area contributed by atoms with Crippen LogP contribution in [0.25, 0.3) is 22.4 Å². The van der Waals surface area contributed by atoms with Crippen molar-refractivity contribution < 1.29 is 26.0 Å². The Morgan fingerprint density at radius 3 is 2.56 bits per heavy atom. The van der Waals surface area contributed by atoms with Crippen molar-refractivity contribution in [3.05, 3.63) is 45.0 Å². The largest absolute Gasteiger partial charge is 0.437 e. The number of anilines is 1. The van der Waals surface area contributed by atoms with Gasteiger partial charge in [0.2, 0.25) is 15.7 Å². The number of hydrogen-bond donors (Lipinski definition) is 1. The first-order valence-electron chi connectivity index (χ1n) is 11.5. The van der Waals surface area contributed by atoms with E-state index in [2.05, 4.69) is 10.3 Å². The number of furan rings is 1. The molecule has 3 aromatic rings. The molecule has 0 saturated carbocycles. The van der Waals surface area contributed by atoms with E-state index in [-0.39, 0.29) is 29.7 Å². The molecule has 0 bridgehead atoms. The molecule has 1 fully saturated rings. The highest BCUT2D eigenvalue weighted by Crippen LogP contribution is 2.36. The summed E-state index contributed by atoms with van der Waals surface area (Å²) in [4.78, 5) is 17.3. The number of halogens is 1. The molecular weight excluding hydrogens is 617 g/mol. The molecule has 3 heterocycles. The summed E-state index contributed by atoms with van der Waals surface area (Å²) in [5.74, 6) is 0.390. The lowest BCUT2D eigenvalue weighted by Crippen LogP contribution is -2.33. The molecule has 0 aliphatic carbocycles. The Morgan fingerprint density at radius 1 is 1.28 bits per heavy atom. The molecular formula is C24H28IN3O6S2. The standard InChI is InChI=1S/C24H28IN3O6S2/c1-15-8-10-16(11-9-15)21-20(23(29)26-2)18-14-19(25)22(27-24(18)34-21)28(35(3,30)31)12-4-6-17-7-5-13-36(17,32)33/h8-11,14,17H,4-7,12-13H2,1-3H3,(H,26,29). The molecule has 1 unspecified atom stereocenters. The molecule has 1 amide bonds. The first-order chi connectivity index (χ1) is 16.9. The number of hydrogen-bond acceptors (Lipinski definition) is 7. The Kier molecular flexibility index (Phi) is 7.68. The van der Waals surface area contributed by atoms with E-state index in [0.29, 0.717) is 51.5 Å². The molecule has 9 nitrogen and oxygen atoms in total. The quantitative estimate of drug-likeness (QED) is 0.369. The first-order valence-corrected chi connectivity index (χ1v) is 16.2. The van der Waals surface area contributed by atoms with Crippen LogP contribution in [0.2, 0.25) is 0 Å². The number of carbonyl (C=O) groups is 1. The fraction of sp³-hybridized carbons (Fsp3) is 0.417. The predicted molar refractivity (Wildman–Crippen MR) is 149 cm³/mol. The zero-order chi connectivity index (χ0) is 26.3. The normalized spacial score (nSPS) is 17.4. The third-order valence-corrected chi connectivity index (χ3v) is 10.7. The third kappa shape index (κ3) is 5.40. The number of aromatic nitrogens is 1. The third-order valence-electron chi connectivity index (χ3n) is 6.37. The van der Waals surface area contributed by atoms with Crippen molar-refractivity contribution >= 4 is 65.3 Å². The average Bonchev–Trinajstić information content (AvgIpc) is 3.34. The van der Waals surface area contributed by atoms with Gasteiger partial charge in [0.25, 0.3) is 5.91 Å². The summed E-state index contributed by atoms with van der Waals surface area (Å²) < 4.78 is 57.5. The molecule has 12 heteroatoms. The number of benzene rings is 1. The smallest absolute Gasteiger partial charge is 0.255 e. The summed E-state index contributed by atoms with van der Waals surface area (Å²) in [6, 6.07) is 9.23. The second kappa shape index (κ2) is 10.3. The molecule has 1 atom stereocenters. The fourth-order valence-corrected chi connectivity index (χ4v) is 8.25. The lowest BCUT2D eigenvalue weighted by molar-refractivity contribution is 0.0964. The van der Waals surface area contributed by atoms with E-state index in [9.17, 15) is 21.6 Å². The fourth-order valence-electron chi connectivity index (χ4n) is 4.50. The number of sulfonamides is 1. The van der Waals surface area contributed by atoms with E-state index in [1.807, 2.05) is 53.8 Å². The molecule has 0 spiro atoms. The molecule has 36 heavy (non-hydrogen) atoms. The lowest BCUT2D eigenvalue weighted by Gasteiger charge is -2.23. The van der Waals surface area contributed by atoms with E-state index < -0.39 is 25.1 Å². The minimum Gasteiger partial charge on any atom is -0.437 e. The number of aryl methyl sites for hydroxylation is 1. The molecule has 1 aromatic carbocycles. The van der Waals surface area contributed by atoms with Gasteiger partial charge >= 0.3 is 0 Å². The Labute approximate surface area is 224 Å². The van der Waals surface area contributed by atoms with Crippen molar-refractivity contribution in [1.82, 2.24) is 10.3 Å². The number of fused-ring (bicyclic) bond motifs is 1. The van der Waals surface area contributed by atoms with Crippen LogP contribution in [0, 0.1) is 10.5 Å². The zero-order valence-electron chi connectivity index (χ0n) is 20.2. The molecule has 1 N–H and O–H groups in total. The van der Waals surface area contributed by atoms with E-state index in [0.717, 1.165) is 11.8 Å². The predicted octanol–water partition coefficient (Wildman–Crippen LogP) is 3.89. The second-order valence-electron chi connectivity index (χ2n) is 9.01. The van der Waals surface area contributed by atoms with Crippen molar-refractivity contribution in [1.29, 1.82) is 0 Å². The van der Waals surface area contributed by atoms with Gasteiger partial charge in [0.1, 0.15) is 5.76 Å². The van der Waals surface area contributed by atoms with Gasteiger partial charge in [-0.1, -0.05) is 29.8 Å². The number of amides is 1. The number of sulfone groups is 1. The minimum atomic E-state index is -3.72. The van der Waals surface area contributed by atoms with E-state index >= 15 is 0 Å². The van der Waals surface area contributed by atoms with Crippen LogP contribution in [0.15, 0.2) is 34.7 Å². The maximum atomic E-state index is 12.8. The molecule has 4 rings (SSSR count). The van der Waals surface area contributed by atoms with Crippen LogP contribution < -0.4 is 9.62 Å². The highest BCUT2D eigenvalue weighted by atomic mass is 127. The number of carbonyl (C=O) groups excluding carboxylic acids is 1. The van der Waals surface area contributed by atoms with Gasteiger partial charge in [-0.25, -0.2) is 16.8 Å². The first kappa shape index (κ1) is 26.9. The molecule has 2 aromatic heterocycles. The number of rotatable bonds is 8. The Balaban J connectivity index is 1.74. The van der Waals surface area contributed by atoms with E-state index in [1.165, 1.54) is 11.4 Å².